The molecule has 1 aromatic carbocycles. The number of thioether (sulfide) groups is 1. The minimum Gasteiger partial charge on any atom is -0.508 e. The first-order chi connectivity index (χ1) is 6.84. The van der Waals surface area contributed by atoms with Crippen molar-refractivity contribution in [1.29, 1.82) is 0 Å². The molecule has 0 amide bonds. The summed E-state index contributed by atoms with van der Waals surface area (Å²) in [5.41, 5.74) is 0.299. The average molecular weight is 210 g/mol. The quantitative estimate of drug-likeness (QED) is 0.813. The Bertz CT molecular complexity index is 278. The summed E-state index contributed by atoms with van der Waals surface area (Å²) in [6, 6.07) is 6.93. The van der Waals surface area contributed by atoms with E-state index >= 15 is 0 Å². The second kappa shape index (κ2) is 4.60. The number of aromatic hydroxyl groups is 1. The first-order valence-electron chi connectivity index (χ1n) is 4.92. The number of benzene rings is 1. The van der Waals surface area contributed by atoms with Crippen LogP contribution >= 0.6 is 11.8 Å². The summed E-state index contributed by atoms with van der Waals surface area (Å²) in [6.45, 7) is 0. The molecule has 0 aliphatic carbocycles. The van der Waals surface area contributed by atoms with Gasteiger partial charge in [-0.25, -0.2) is 0 Å². The molecular formula is C11H14O2S. The van der Waals surface area contributed by atoms with E-state index in [0.717, 1.165) is 12.2 Å². The SMILES string of the molecule is Oc1ccc(OC2CCCCS2)cc1. The molecule has 1 unspecified atom stereocenters. The highest BCUT2D eigenvalue weighted by molar-refractivity contribution is 7.99. The van der Waals surface area contributed by atoms with Gasteiger partial charge in [-0.1, -0.05) is 0 Å². The van der Waals surface area contributed by atoms with Gasteiger partial charge in [-0.3, -0.25) is 0 Å². The van der Waals surface area contributed by atoms with Crippen molar-refractivity contribution in [2.45, 2.75) is 24.7 Å². The fourth-order valence-electron chi connectivity index (χ4n) is 1.48. The van der Waals surface area contributed by atoms with Crippen LogP contribution in [0.1, 0.15) is 19.3 Å². The third kappa shape index (κ3) is 2.58. The van der Waals surface area contributed by atoms with Crippen LogP contribution in [0.4, 0.5) is 0 Å². The summed E-state index contributed by atoms with van der Waals surface area (Å²) in [6.07, 6.45) is 3.70. The summed E-state index contributed by atoms with van der Waals surface area (Å²) < 4.78 is 5.76. The molecule has 2 rings (SSSR count). The molecule has 1 aliphatic rings. The molecule has 2 nitrogen and oxygen atoms in total. The smallest absolute Gasteiger partial charge is 0.144 e. The fraction of sp³-hybridized carbons (Fsp3) is 0.455. The van der Waals surface area contributed by atoms with E-state index in [1.54, 1.807) is 12.1 Å². The molecule has 0 aromatic heterocycles. The predicted molar refractivity (Wildman–Crippen MR) is 58.8 cm³/mol. The Kier molecular flexibility index (Phi) is 3.19. The number of rotatable bonds is 2. The maximum Gasteiger partial charge on any atom is 0.144 e. The van der Waals surface area contributed by atoms with E-state index in [-0.39, 0.29) is 5.75 Å². The van der Waals surface area contributed by atoms with E-state index in [9.17, 15) is 0 Å². The molecule has 1 N–H and O–H groups in total. The van der Waals surface area contributed by atoms with E-state index in [4.69, 9.17) is 9.84 Å². The average Bonchev–Trinajstić information content (AvgIpc) is 2.23. The summed E-state index contributed by atoms with van der Waals surface area (Å²) >= 11 is 1.88. The van der Waals surface area contributed by atoms with Crippen molar-refractivity contribution >= 4 is 11.8 Å². The van der Waals surface area contributed by atoms with Gasteiger partial charge in [-0.2, -0.15) is 0 Å². The lowest BCUT2D eigenvalue weighted by atomic mass is 10.2. The highest BCUT2D eigenvalue weighted by atomic mass is 32.2. The van der Waals surface area contributed by atoms with Crippen molar-refractivity contribution in [3.8, 4) is 11.5 Å². The maximum absolute atomic E-state index is 9.10. The molecule has 1 fully saturated rings. The van der Waals surface area contributed by atoms with Gasteiger partial charge in [0.2, 0.25) is 0 Å². The molecule has 14 heavy (non-hydrogen) atoms. The number of hydrogen-bond donors (Lipinski definition) is 1. The van der Waals surface area contributed by atoms with Gasteiger partial charge in [0, 0.05) is 0 Å². The van der Waals surface area contributed by atoms with Crippen molar-refractivity contribution in [3.63, 3.8) is 0 Å². The van der Waals surface area contributed by atoms with Crippen LogP contribution in [0.5, 0.6) is 11.5 Å². The minimum atomic E-state index is 0.286. The Balaban J connectivity index is 1.92. The number of ether oxygens (including phenoxy) is 1. The van der Waals surface area contributed by atoms with Gasteiger partial charge in [-0.05, 0) is 49.3 Å². The number of hydrogen-bond acceptors (Lipinski definition) is 3. The number of phenolic OH excluding ortho intramolecular Hbond substituents is 1. The molecule has 1 aromatic rings. The van der Waals surface area contributed by atoms with Crippen LogP contribution in [0.25, 0.3) is 0 Å². The fourth-order valence-corrected chi connectivity index (χ4v) is 2.63. The highest BCUT2D eigenvalue weighted by Crippen LogP contribution is 2.28. The zero-order chi connectivity index (χ0) is 9.80. The van der Waals surface area contributed by atoms with E-state index in [0.29, 0.717) is 5.44 Å². The molecule has 0 bridgehead atoms. The first kappa shape index (κ1) is 9.71. The molecule has 1 heterocycles. The van der Waals surface area contributed by atoms with Gasteiger partial charge in [0.05, 0.1) is 0 Å². The predicted octanol–water partition coefficient (Wildman–Crippen LogP) is 3.01. The van der Waals surface area contributed by atoms with E-state index < -0.39 is 0 Å². The molecule has 76 valence electrons. The van der Waals surface area contributed by atoms with Crippen molar-refractivity contribution in [3.05, 3.63) is 24.3 Å². The zero-order valence-corrected chi connectivity index (χ0v) is 8.80. The van der Waals surface area contributed by atoms with Gasteiger partial charge >= 0.3 is 0 Å². The summed E-state index contributed by atoms with van der Waals surface area (Å²) in [5, 5.41) is 9.10. The Morgan fingerprint density at radius 3 is 2.64 bits per heavy atom. The Morgan fingerprint density at radius 1 is 1.21 bits per heavy atom. The molecule has 1 aliphatic heterocycles. The highest BCUT2D eigenvalue weighted by Gasteiger charge is 2.14. The Morgan fingerprint density at radius 2 is 2.00 bits per heavy atom. The lowest BCUT2D eigenvalue weighted by molar-refractivity contribution is 0.268. The topological polar surface area (TPSA) is 29.5 Å². The molecule has 0 spiro atoms. The monoisotopic (exact) mass is 210 g/mol. The van der Waals surface area contributed by atoms with Gasteiger partial charge < -0.3 is 9.84 Å². The van der Waals surface area contributed by atoms with E-state index in [2.05, 4.69) is 0 Å². The van der Waals surface area contributed by atoms with Crippen LogP contribution in [0, 0.1) is 0 Å². The van der Waals surface area contributed by atoms with Crippen LogP contribution in [-0.2, 0) is 0 Å². The molecule has 1 saturated heterocycles. The Labute approximate surface area is 88.3 Å². The minimum absolute atomic E-state index is 0.286. The Hall–Kier alpha value is -0.830. The third-order valence-corrected chi connectivity index (χ3v) is 3.47. The lowest BCUT2D eigenvalue weighted by Gasteiger charge is -2.22. The summed E-state index contributed by atoms with van der Waals surface area (Å²) in [4.78, 5) is 0. The van der Waals surface area contributed by atoms with Crippen molar-refractivity contribution < 1.29 is 9.84 Å². The van der Waals surface area contributed by atoms with Gasteiger partial charge in [0.25, 0.3) is 0 Å². The molecule has 1 atom stereocenters. The standard InChI is InChI=1S/C11H14O2S/c12-9-4-6-10(7-5-9)13-11-3-1-2-8-14-11/h4-7,11-12H,1-3,8H2. The van der Waals surface area contributed by atoms with E-state index in [1.807, 2.05) is 23.9 Å². The van der Waals surface area contributed by atoms with Crippen molar-refractivity contribution in [2.24, 2.45) is 0 Å². The van der Waals surface area contributed by atoms with Crippen LogP contribution < -0.4 is 4.74 Å². The second-order valence-electron chi connectivity index (χ2n) is 3.41. The normalized spacial score (nSPS) is 21.9. The lowest BCUT2D eigenvalue weighted by Crippen LogP contribution is -2.16. The third-order valence-electron chi connectivity index (χ3n) is 2.24. The molecule has 3 heteroatoms. The number of phenols is 1. The zero-order valence-electron chi connectivity index (χ0n) is 7.98. The molecule has 0 saturated carbocycles. The van der Waals surface area contributed by atoms with Crippen molar-refractivity contribution in [1.82, 2.24) is 0 Å². The van der Waals surface area contributed by atoms with E-state index in [1.165, 1.54) is 18.6 Å². The van der Waals surface area contributed by atoms with Gasteiger partial charge in [0.1, 0.15) is 16.9 Å². The molecular weight excluding hydrogens is 196 g/mol. The van der Waals surface area contributed by atoms with Gasteiger partial charge in [0.15, 0.2) is 0 Å². The summed E-state index contributed by atoms with van der Waals surface area (Å²) in [7, 11) is 0. The largest absolute Gasteiger partial charge is 0.508 e. The van der Waals surface area contributed by atoms with Crippen LogP contribution in [0.2, 0.25) is 0 Å². The first-order valence-corrected chi connectivity index (χ1v) is 5.97. The van der Waals surface area contributed by atoms with Crippen LogP contribution in [-0.4, -0.2) is 16.3 Å². The summed E-state index contributed by atoms with van der Waals surface area (Å²) in [5.74, 6) is 2.33. The van der Waals surface area contributed by atoms with Crippen LogP contribution in [0.15, 0.2) is 24.3 Å². The molecule has 0 radical (unpaired) electrons. The second-order valence-corrected chi connectivity index (χ2v) is 4.68. The maximum atomic E-state index is 9.10. The van der Waals surface area contributed by atoms with Crippen molar-refractivity contribution in [2.75, 3.05) is 5.75 Å². The van der Waals surface area contributed by atoms with Crippen LogP contribution in [0.3, 0.4) is 0 Å². The van der Waals surface area contributed by atoms with Gasteiger partial charge in [-0.15, -0.1) is 11.8 Å².